The van der Waals surface area contributed by atoms with Crippen molar-refractivity contribution in [2.75, 3.05) is 12.4 Å². The Morgan fingerprint density at radius 3 is 2.96 bits per heavy atom. The maximum absolute atomic E-state index is 12.9. The summed E-state index contributed by atoms with van der Waals surface area (Å²) in [4.78, 5) is 21.3. The Hall–Kier alpha value is -3.81. The number of aromatic nitrogens is 5. The van der Waals surface area contributed by atoms with Crippen LogP contribution in [0.3, 0.4) is 0 Å². The van der Waals surface area contributed by atoms with E-state index >= 15 is 0 Å². The molecule has 4 aromatic heterocycles. The van der Waals surface area contributed by atoms with Crippen LogP contribution in [-0.4, -0.2) is 37.6 Å². The molecule has 0 saturated carbocycles. The Kier molecular flexibility index (Phi) is 4.21. The standard InChI is InChI=1S/C19H16N6O2/c1-12-6-7-20-9-15(12)13-8-14(18-24-21-11-25(18)10-13)19(26)23-16-4-3-5-17(22-16)27-2/h3-11H,1-2H3,(H,22,23,26). The van der Waals surface area contributed by atoms with Gasteiger partial charge in [0.2, 0.25) is 5.88 Å². The molecule has 4 aromatic rings. The quantitative estimate of drug-likeness (QED) is 0.601. The minimum Gasteiger partial charge on any atom is -0.481 e. The Labute approximate surface area is 154 Å². The zero-order valence-corrected chi connectivity index (χ0v) is 14.7. The first-order valence-corrected chi connectivity index (χ1v) is 8.22. The number of anilines is 1. The minimum absolute atomic E-state index is 0.336. The van der Waals surface area contributed by atoms with Crippen LogP contribution in [-0.2, 0) is 0 Å². The second kappa shape index (κ2) is 6.83. The van der Waals surface area contributed by atoms with Crippen LogP contribution in [0.25, 0.3) is 16.8 Å². The van der Waals surface area contributed by atoms with Gasteiger partial charge in [0.05, 0.1) is 12.7 Å². The normalized spacial score (nSPS) is 10.7. The summed E-state index contributed by atoms with van der Waals surface area (Å²) in [6.07, 6.45) is 6.94. The van der Waals surface area contributed by atoms with E-state index in [4.69, 9.17) is 4.74 Å². The third kappa shape index (κ3) is 3.20. The molecule has 0 fully saturated rings. The van der Waals surface area contributed by atoms with Crippen LogP contribution in [0.4, 0.5) is 5.82 Å². The average molecular weight is 360 g/mol. The molecule has 8 nitrogen and oxygen atoms in total. The number of methoxy groups -OCH3 is 1. The lowest BCUT2D eigenvalue weighted by atomic mass is 10.0. The summed E-state index contributed by atoms with van der Waals surface area (Å²) in [7, 11) is 1.52. The van der Waals surface area contributed by atoms with Gasteiger partial charge in [-0.3, -0.25) is 14.2 Å². The van der Waals surface area contributed by atoms with Crippen LogP contribution < -0.4 is 10.1 Å². The summed E-state index contributed by atoms with van der Waals surface area (Å²) in [5.41, 5.74) is 3.68. The molecule has 27 heavy (non-hydrogen) atoms. The molecule has 0 atom stereocenters. The highest BCUT2D eigenvalue weighted by Crippen LogP contribution is 2.25. The second-order valence-electron chi connectivity index (χ2n) is 5.91. The molecule has 1 N–H and O–H groups in total. The van der Waals surface area contributed by atoms with Gasteiger partial charge in [-0.2, -0.15) is 4.98 Å². The van der Waals surface area contributed by atoms with E-state index in [1.54, 1.807) is 47.4 Å². The largest absolute Gasteiger partial charge is 0.481 e. The molecule has 4 rings (SSSR count). The molecule has 0 aliphatic rings. The van der Waals surface area contributed by atoms with Gasteiger partial charge in [0.1, 0.15) is 12.1 Å². The Balaban J connectivity index is 1.77. The Morgan fingerprint density at radius 2 is 2.15 bits per heavy atom. The molecule has 1 amide bonds. The number of hydrogen-bond acceptors (Lipinski definition) is 6. The fourth-order valence-electron chi connectivity index (χ4n) is 2.80. The van der Waals surface area contributed by atoms with Crippen molar-refractivity contribution in [1.82, 2.24) is 24.6 Å². The number of nitrogens with zero attached hydrogens (tertiary/aromatic N) is 5. The van der Waals surface area contributed by atoms with Gasteiger partial charge in [0, 0.05) is 35.8 Å². The van der Waals surface area contributed by atoms with Crippen LogP contribution in [0.1, 0.15) is 15.9 Å². The van der Waals surface area contributed by atoms with E-state index in [0.717, 1.165) is 16.7 Å². The van der Waals surface area contributed by atoms with Gasteiger partial charge in [0.25, 0.3) is 5.91 Å². The van der Waals surface area contributed by atoms with E-state index < -0.39 is 0 Å². The monoisotopic (exact) mass is 360 g/mol. The number of fused-ring (bicyclic) bond motifs is 1. The zero-order valence-electron chi connectivity index (χ0n) is 14.7. The predicted molar refractivity (Wildman–Crippen MR) is 99.7 cm³/mol. The van der Waals surface area contributed by atoms with Crippen LogP contribution in [0.5, 0.6) is 5.88 Å². The number of ether oxygens (including phenoxy) is 1. The summed E-state index contributed by atoms with van der Waals surface area (Å²) < 4.78 is 6.81. The molecule has 4 heterocycles. The van der Waals surface area contributed by atoms with Gasteiger partial charge in [-0.1, -0.05) is 6.07 Å². The molecule has 0 radical (unpaired) electrons. The number of rotatable bonds is 4. The van der Waals surface area contributed by atoms with Crippen molar-refractivity contribution in [3.63, 3.8) is 0 Å². The molecule has 0 saturated heterocycles. The van der Waals surface area contributed by atoms with Crippen LogP contribution >= 0.6 is 0 Å². The number of pyridine rings is 3. The summed E-state index contributed by atoms with van der Waals surface area (Å²) in [5, 5.41) is 10.8. The number of nitrogens with one attached hydrogen (secondary N) is 1. The van der Waals surface area contributed by atoms with Crippen molar-refractivity contribution < 1.29 is 9.53 Å². The average Bonchev–Trinajstić information content (AvgIpc) is 3.16. The SMILES string of the molecule is COc1cccc(NC(=O)c2cc(-c3cnccc3C)cn3cnnc23)n1. The molecule has 0 bridgehead atoms. The van der Waals surface area contributed by atoms with Gasteiger partial charge < -0.3 is 10.1 Å². The fraction of sp³-hybridized carbons (Fsp3) is 0.105. The van der Waals surface area contributed by atoms with Gasteiger partial charge in [-0.05, 0) is 30.7 Å². The van der Waals surface area contributed by atoms with Gasteiger partial charge >= 0.3 is 0 Å². The predicted octanol–water partition coefficient (Wildman–Crippen LogP) is 2.76. The highest BCUT2D eigenvalue weighted by Gasteiger charge is 2.16. The molecule has 134 valence electrons. The van der Waals surface area contributed by atoms with E-state index in [-0.39, 0.29) is 5.91 Å². The van der Waals surface area contributed by atoms with E-state index in [1.807, 2.05) is 19.2 Å². The number of amides is 1. The van der Waals surface area contributed by atoms with Gasteiger partial charge in [-0.15, -0.1) is 10.2 Å². The highest BCUT2D eigenvalue weighted by atomic mass is 16.5. The summed E-state index contributed by atoms with van der Waals surface area (Å²) in [6.45, 7) is 1.99. The minimum atomic E-state index is -0.336. The summed E-state index contributed by atoms with van der Waals surface area (Å²) in [5.74, 6) is 0.470. The summed E-state index contributed by atoms with van der Waals surface area (Å²) >= 11 is 0. The van der Waals surface area contributed by atoms with Crippen LogP contribution in [0.2, 0.25) is 0 Å². The van der Waals surface area contributed by atoms with Gasteiger partial charge in [0.15, 0.2) is 5.65 Å². The first kappa shape index (κ1) is 16.6. The zero-order chi connectivity index (χ0) is 18.8. The first-order chi connectivity index (χ1) is 13.2. The van der Waals surface area contributed by atoms with E-state index in [2.05, 4.69) is 25.5 Å². The van der Waals surface area contributed by atoms with Gasteiger partial charge in [-0.25, -0.2) is 0 Å². The molecule has 0 spiro atoms. The number of aryl methyl sites for hydroxylation is 1. The van der Waals surface area contributed by atoms with Crippen LogP contribution in [0, 0.1) is 6.92 Å². The highest BCUT2D eigenvalue weighted by molar-refractivity contribution is 6.08. The second-order valence-corrected chi connectivity index (χ2v) is 5.91. The van der Waals surface area contributed by atoms with Crippen molar-refractivity contribution in [3.8, 4) is 17.0 Å². The fourth-order valence-corrected chi connectivity index (χ4v) is 2.80. The topological polar surface area (TPSA) is 94.3 Å². The van der Waals surface area contributed by atoms with Crippen molar-refractivity contribution >= 4 is 17.4 Å². The van der Waals surface area contributed by atoms with Crippen LogP contribution in [0.15, 0.2) is 55.2 Å². The number of carbonyl (C=O) groups is 1. The van der Waals surface area contributed by atoms with Crippen molar-refractivity contribution in [2.45, 2.75) is 6.92 Å². The smallest absolute Gasteiger partial charge is 0.260 e. The number of hydrogen-bond donors (Lipinski definition) is 1. The first-order valence-electron chi connectivity index (χ1n) is 8.22. The van der Waals surface area contributed by atoms with E-state index in [1.165, 1.54) is 7.11 Å². The van der Waals surface area contributed by atoms with Crippen molar-refractivity contribution in [3.05, 3.63) is 66.4 Å². The molecule has 0 unspecified atom stereocenters. The molecular formula is C19H16N6O2. The lowest BCUT2D eigenvalue weighted by Gasteiger charge is -2.10. The lowest BCUT2D eigenvalue weighted by molar-refractivity contribution is 0.102. The van der Waals surface area contributed by atoms with E-state index in [0.29, 0.717) is 22.9 Å². The maximum atomic E-state index is 12.9. The third-order valence-electron chi connectivity index (χ3n) is 4.16. The molecular weight excluding hydrogens is 344 g/mol. The molecule has 0 aliphatic carbocycles. The number of carbonyl (C=O) groups excluding carboxylic acids is 1. The molecule has 0 aliphatic heterocycles. The summed E-state index contributed by atoms with van der Waals surface area (Å²) in [6, 6.07) is 8.85. The lowest BCUT2D eigenvalue weighted by Crippen LogP contribution is -2.15. The van der Waals surface area contributed by atoms with E-state index in [9.17, 15) is 4.79 Å². The molecule has 8 heteroatoms. The Morgan fingerprint density at radius 1 is 1.26 bits per heavy atom. The maximum Gasteiger partial charge on any atom is 0.260 e. The Bertz CT molecular complexity index is 1140. The van der Waals surface area contributed by atoms with Crippen molar-refractivity contribution in [2.24, 2.45) is 0 Å². The molecule has 0 aromatic carbocycles. The van der Waals surface area contributed by atoms with Crippen molar-refractivity contribution in [1.29, 1.82) is 0 Å². The third-order valence-corrected chi connectivity index (χ3v) is 4.16.